The summed E-state index contributed by atoms with van der Waals surface area (Å²) in [5.41, 5.74) is 3.46. The van der Waals surface area contributed by atoms with E-state index in [4.69, 9.17) is 23.7 Å². The van der Waals surface area contributed by atoms with Gasteiger partial charge in [-0.25, -0.2) is 0 Å². The predicted molar refractivity (Wildman–Crippen MR) is 107 cm³/mol. The molecule has 27 heavy (non-hydrogen) atoms. The summed E-state index contributed by atoms with van der Waals surface area (Å²) in [5.74, 6) is 2.58. The summed E-state index contributed by atoms with van der Waals surface area (Å²) >= 11 is 0. The molecule has 0 aromatic heterocycles. The van der Waals surface area contributed by atoms with E-state index in [-0.39, 0.29) is 0 Å². The van der Waals surface area contributed by atoms with Crippen molar-refractivity contribution in [3.8, 4) is 17.2 Å². The first kappa shape index (κ1) is 19.5. The maximum atomic E-state index is 6.20. The topological polar surface area (TPSA) is 46.2 Å². The van der Waals surface area contributed by atoms with E-state index in [1.807, 2.05) is 6.07 Å². The highest BCUT2D eigenvalue weighted by atomic mass is 16.5. The van der Waals surface area contributed by atoms with Crippen LogP contribution < -0.4 is 14.2 Å². The highest BCUT2D eigenvalue weighted by molar-refractivity contribution is 6.01. The quantitative estimate of drug-likeness (QED) is 0.494. The first-order valence-corrected chi connectivity index (χ1v) is 9.25. The van der Waals surface area contributed by atoms with Crippen LogP contribution in [-0.4, -0.2) is 47.8 Å². The molecular weight excluding hydrogens is 344 g/mol. The average Bonchev–Trinajstić information content (AvgIpc) is 2.69. The molecule has 0 radical (unpaired) electrons. The number of hydrogen-bond donors (Lipinski definition) is 0. The van der Waals surface area contributed by atoms with Crippen LogP contribution in [-0.2, 0) is 22.3 Å². The minimum Gasteiger partial charge on any atom is -0.496 e. The lowest BCUT2D eigenvalue weighted by atomic mass is 9.89. The molecule has 0 heterocycles. The van der Waals surface area contributed by atoms with Crippen molar-refractivity contribution in [2.45, 2.75) is 19.8 Å². The van der Waals surface area contributed by atoms with E-state index in [0.29, 0.717) is 26.4 Å². The number of benzene rings is 2. The van der Waals surface area contributed by atoms with E-state index < -0.39 is 0 Å². The second kappa shape index (κ2) is 9.11. The second-order valence-corrected chi connectivity index (χ2v) is 6.57. The second-order valence-electron chi connectivity index (χ2n) is 6.57. The van der Waals surface area contributed by atoms with Gasteiger partial charge in [-0.1, -0.05) is 12.2 Å². The van der Waals surface area contributed by atoms with Crippen molar-refractivity contribution in [2.24, 2.45) is 0 Å². The van der Waals surface area contributed by atoms with E-state index in [1.165, 1.54) is 5.56 Å². The molecule has 3 rings (SSSR count). The Hall–Kier alpha value is -2.24. The van der Waals surface area contributed by atoms with Crippen LogP contribution in [0.3, 0.4) is 0 Å². The van der Waals surface area contributed by atoms with Crippen LogP contribution in [0.2, 0.25) is 0 Å². The van der Waals surface area contributed by atoms with Crippen LogP contribution in [0.4, 0.5) is 0 Å². The molecule has 0 unspecified atom stereocenters. The molecule has 5 nitrogen and oxygen atoms in total. The first-order chi connectivity index (χ1) is 13.2. The Bertz CT molecular complexity index is 826. The zero-order valence-corrected chi connectivity index (χ0v) is 16.6. The van der Waals surface area contributed by atoms with Gasteiger partial charge in [0, 0.05) is 30.7 Å². The molecule has 1 aliphatic rings. The average molecular weight is 372 g/mol. The van der Waals surface area contributed by atoms with Crippen molar-refractivity contribution in [3.05, 3.63) is 41.0 Å². The van der Waals surface area contributed by atoms with Gasteiger partial charge in [0.05, 0.1) is 25.7 Å². The number of hydrogen-bond acceptors (Lipinski definition) is 5. The summed E-state index contributed by atoms with van der Waals surface area (Å²) in [7, 11) is 5.05. The fourth-order valence-electron chi connectivity index (χ4n) is 3.53. The number of allylic oxidation sites excluding steroid dienone is 2. The molecule has 2 aromatic carbocycles. The zero-order chi connectivity index (χ0) is 19.2. The summed E-state index contributed by atoms with van der Waals surface area (Å²) in [4.78, 5) is 0. The normalized spacial score (nSPS) is 12.9. The van der Waals surface area contributed by atoms with Gasteiger partial charge >= 0.3 is 0 Å². The molecule has 0 atom stereocenters. The minimum atomic E-state index is 0.489. The molecule has 0 saturated carbocycles. The van der Waals surface area contributed by atoms with Crippen LogP contribution in [0.25, 0.3) is 10.8 Å². The highest BCUT2D eigenvalue weighted by Gasteiger charge is 2.24. The van der Waals surface area contributed by atoms with Gasteiger partial charge in [-0.2, -0.15) is 0 Å². The Labute approximate surface area is 160 Å². The van der Waals surface area contributed by atoms with Gasteiger partial charge in [0.25, 0.3) is 0 Å². The number of methoxy groups -OCH3 is 3. The third-order valence-corrected chi connectivity index (χ3v) is 4.73. The van der Waals surface area contributed by atoms with Gasteiger partial charge in [-0.3, -0.25) is 0 Å². The van der Waals surface area contributed by atoms with Gasteiger partial charge in [0.1, 0.15) is 30.5 Å². The Kier molecular flexibility index (Phi) is 6.58. The number of aryl methyl sites for hydroxylation is 1. The Morgan fingerprint density at radius 1 is 0.778 bits per heavy atom. The third kappa shape index (κ3) is 4.04. The van der Waals surface area contributed by atoms with Crippen LogP contribution in [0, 0.1) is 6.92 Å². The zero-order valence-electron chi connectivity index (χ0n) is 16.6. The third-order valence-electron chi connectivity index (χ3n) is 4.73. The molecule has 2 aromatic rings. The van der Waals surface area contributed by atoms with E-state index >= 15 is 0 Å². The fourth-order valence-corrected chi connectivity index (χ4v) is 3.53. The molecule has 0 aliphatic heterocycles. The largest absolute Gasteiger partial charge is 0.496 e. The summed E-state index contributed by atoms with van der Waals surface area (Å²) in [6.45, 7) is 4.13. The molecule has 0 N–H and O–H groups in total. The van der Waals surface area contributed by atoms with Crippen LogP contribution in [0.1, 0.15) is 16.7 Å². The van der Waals surface area contributed by atoms with Crippen LogP contribution >= 0.6 is 0 Å². The lowest BCUT2D eigenvalue weighted by Gasteiger charge is -2.24. The smallest absolute Gasteiger partial charge is 0.135 e. The van der Waals surface area contributed by atoms with Gasteiger partial charge in [-0.15, -0.1) is 0 Å². The van der Waals surface area contributed by atoms with E-state index in [9.17, 15) is 0 Å². The van der Waals surface area contributed by atoms with Gasteiger partial charge in [0.15, 0.2) is 0 Å². The monoisotopic (exact) mass is 372 g/mol. The van der Waals surface area contributed by atoms with Crippen molar-refractivity contribution in [2.75, 3.05) is 47.8 Å². The SMILES string of the molecule is COCCOc1c2c(c(OCCOC)c3c(OC)cc(C)cc13)CC=CC2. The molecule has 146 valence electrons. The minimum absolute atomic E-state index is 0.489. The molecule has 1 aliphatic carbocycles. The van der Waals surface area contributed by atoms with E-state index in [1.54, 1.807) is 21.3 Å². The molecule has 0 fully saturated rings. The predicted octanol–water partition coefficient (Wildman–Crippen LogP) is 3.86. The Morgan fingerprint density at radius 3 is 1.96 bits per heavy atom. The molecule has 0 bridgehead atoms. The number of rotatable bonds is 9. The van der Waals surface area contributed by atoms with Crippen LogP contribution in [0.15, 0.2) is 24.3 Å². The van der Waals surface area contributed by atoms with Crippen molar-refractivity contribution >= 4 is 10.8 Å². The number of ether oxygens (including phenoxy) is 5. The Balaban J connectivity index is 2.24. The van der Waals surface area contributed by atoms with Gasteiger partial charge in [-0.05, 0) is 37.5 Å². The summed E-state index contributed by atoms with van der Waals surface area (Å²) in [5, 5.41) is 1.98. The van der Waals surface area contributed by atoms with Crippen molar-refractivity contribution in [1.82, 2.24) is 0 Å². The number of fused-ring (bicyclic) bond motifs is 2. The summed E-state index contributed by atoms with van der Waals surface area (Å²) in [6, 6.07) is 4.18. The summed E-state index contributed by atoms with van der Waals surface area (Å²) < 4.78 is 28.5. The fraction of sp³-hybridized carbons (Fsp3) is 0.455. The highest BCUT2D eigenvalue weighted by Crippen LogP contribution is 2.47. The summed E-state index contributed by atoms with van der Waals surface area (Å²) in [6.07, 6.45) is 6.00. The molecule has 0 spiro atoms. The van der Waals surface area contributed by atoms with E-state index in [0.717, 1.165) is 52.0 Å². The molecule has 0 saturated heterocycles. The molecule has 0 amide bonds. The first-order valence-electron chi connectivity index (χ1n) is 9.25. The maximum Gasteiger partial charge on any atom is 0.135 e. The standard InChI is InChI=1S/C22H28O5/c1-15-13-18-20(19(14-15)25-4)22(27-12-10-24-3)17-8-6-5-7-16(17)21(18)26-11-9-23-2/h5-6,13-14H,7-12H2,1-4H3. The van der Waals surface area contributed by atoms with Gasteiger partial charge in [0.2, 0.25) is 0 Å². The molecule has 5 heteroatoms. The Morgan fingerprint density at radius 2 is 1.37 bits per heavy atom. The lowest BCUT2D eigenvalue weighted by Crippen LogP contribution is -2.13. The van der Waals surface area contributed by atoms with Crippen molar-refractivity contribution in [3.63, 3.8) is 0 Å². The lowest BCUT2D eigenvalue weighted by molar-refractivity contribution is 0.144. The van der Waals surface area contributed by atoms with Crippen molar-refractivity contribution < 1.29 is 23.7 Å². The van der Waals surface area contributed by atoms with Gasteiger partial charge < -0.3 is 23.7 Å². The maximum absolute atomic E-state index is 6.20. The van der Waals surface area contributed by atoms with E-state index in [2.05, 4.69) is 25.1 Å². The van der Waals surface area contributed by atoms with Crippen molar-refractivity contribution in [1.29, 1.82) is 0 Å². The molecular formula is C22H28O5. The van der Waals surface area contributed by atoms with Crippen LogP contribution in [0.5, 0.6) is 17.2 Å².